The Labute approximate surface area is 130 Å². The first-order valence-electron chi connectivity index (χ1n) is 6.05. The SMILES string of the molecule is C#CCCCOC(=O)c1snnc1-c1cnc(SC)nc1. The van der Waals surface area contributed by atoms with E-state index in [1.54, 1.807) is 12.4 Å². The summed E-state index contributed by atoms with van der Waals surface area (Å²) < 4.78 is 8.95. The number of unbranched alkanes of at least 4 members (excludes halogenated alkanes) is 1. The van der Waals surface area contributed by atoms with Crippen LogP contribution in [0.2, 0.25) is 0 Å². The summed E-state index contributed by atoms with van der Waals surface area (Å²) in [6.07, 6.45) is 11.5. The van der Waals surface area contributed by atoms with Crippen molar-refractivity contribution in [3.63, 3.8) is 0 Å². The van der Waals surface area contributed by atoms with Gasteiger partial charge in [0.2, 0.25) is 0 Å². The van der Waals surface area contributed by atoms with Gasteiger partial charge in [-0.3, -0.25) is 0 Å². The van der Waals surface area contributed by atoms with Gasteiger partial charge in [0.25, 0.3) is 0 Å². The van der Waals surface area contributed by atoms with Crippen molar-refractivity contribution in [3.8, 4) is 23.6 Å². The number of thioether (sulfide) groups is 1. The minimum Gasteiger partial charge on any atom is -0.461 e. The lowest BCUT2D eigenvalue weighted by Crippen LogP contribution is -2.06. The third-order valence-electron chi connectivity index (χ3n) is 2.46. The molecule has 0 saturated heterocycles. The predicted octanol–water partition coefficient (Wildman–Crippen LogP) is 2.29. The van der Waals surface area contributed by atoms with E-state index in [0.717, 1.165) is 11.5 Å². The van der Waals surface area contributed by atoms with Crippen molar-refractivity contribution in [2.45, 2.75) is 18.0 Å². The minimum atomic E-state index is -0.453. The Kier molecular flexibility index (Phi) is 5.66. The van der Waals surface area contributed by atoms with Crippen LogP contribution in [-0.2, 0) is 4.74 Å². The van der Waals surface area contributed by atoms with E-state index in [4.69, 9.17) is 11.2 Å². The maximum Gasteiger partial charge on any atom is 0.352 e. The molecule has 0 amide bonds. The summed E-state index contributed by atoms with van der Waals surface area (Å²) in [6, 6.07) is 0. The lowest BCUT2D eigenvalue weighted by Gasteiger charge is -2.03. The average Bonchev–Trinajstić information content (AvgIpc) is 3.01. The maximum atomic E-state index is 12.0. The monoisotopic (exact) mass is 320 g/mol. The number of aromatic nitrogens is 4. The first-order valence-corrected chi connectivity index (χ1v) is 8.05. The molecule has 2 aromatic rings. The molecule has 0 fully saturated rings. The first-order chi connectivity index (χ1) is 10.3. The van der Waals surface area contributed by atoms with Gasteiger partial charge < -0.3 is 4.74 Å². The van der Waals surface area contributed by atoms with Crippen molar-refractivity contribution in [3.05, 3.63) is 17.3 Å². The van der Waals surface area contributed by atoms with Crippen molar-refractivity contribution in [2.24, 2.45) is 0 Å². The molecule has 6 nitrogen and oxygen atoms in total. The number of nitrogens with zero attached hydrogens (tertiary/aromatic N) is 4. The molecule has 0 unspecified atom stereocenters. The number of hydrogen-bond acceptors (Lipinski definition) is 8. The van der Waals surface area contributed by atoms with Crippen LogP contribution in [0.1, 0.15) is 22.5 Å². The number of ether oxygens (including phenoxy) is 1. The number of carbonyl (C=O) groups is 1. The molecule has 0 atom stereocenters. The van der Waals surface area contributed by atoms with E-state index < -0.39 is 5.97 Å². The summed E-state index contributed by atoms with van der Waals surface area (Å²) in [4.78, 5) is 20.7. The Morgan fingerprint density at radius 2 is 2.24 bits per heavy atom. The van der Waals surface area contributed by atoms with Crippen molar-refractivity contribution in [1.29, 1.82) is 0 Å². The van der Waals surface area contributed by atoms with Crippen molar-refractivity contribution < 1.29 is 9.53 Å². The van der Waals surface area contributed by atoms with Gasteiger partial charge in [0.15, 0.2) is 10.0 Å². The van der Waals surface area contributed by atoms with E-state index >= 15 is 0 Å². The molecule has 0 N–H and O–H groups in total. The van der Waals surface area contributed by atoms with E-state index in [0.29, 0.717) is 34.1 Å². The molecule has 0 spiro atoms. The van der Waals surface area contributed by atoms with Crippen molar-refractivity contribution >= 4 is 29.3 Å². The molecule has 2 aromatic heterocycles. The minimum absolute atomic E-state index is 0.280. The molecule has 2 rings (SSSR count). The van der Waals surface area contributed by atoms with Crippen LogP contribution in [0.4, 0.5) is 0 Å². The molecular weight excluding hydrogens is 308 g/mol. The van der Waals surface area contributed by atoms with Crippen LogP contribution in [0.5, 0.6) is 0 Å². The third-order valence-corrected chi connectivity index (χ3v) is 3.74. The van der Waals surface area contributed by atoms with Gasteiger partial charge in [0.1, 0.15) is 5.69 Å². The van der Waals surface area contributed by atoms with Gasteiger partial charge in [-0.15, -0.1) is 17.4 Å². The molecule has 0 aliphatic rings. The summed E-state index contributed by atoms with van der Waals surface area (Å²) in [6.45, 7) is 0.280. The van der Waals surface area contributed by atoms with Crippen LogP contribution < -0.4 is 0 Å². The molecule has 0 saturated carbocycles. The fraction of sp³-hybridized carbons (Fsp3) is 0.308. The Morgan fingerprint density at radius 1 is 1.48 bits per heavy atom. The Hall–Kier alpha value is -1.98. The second-order valence-electron chi connectivity index (χ2n) is 3.85. The van der Waals surface area contributed by atoms with Crippen LogP contribution >= 0.6 is 23.3 Å². The van der Waals surface area contributed by atoms with Crippen LogP contribution in [-0.4, -0.2) is 38.4 Å². The second kappa shape index (κ2) is 7.71. The number of hydrogen-bond donors (Lipinski definition) is 0. The maximum absolute atomic E-state index is 12.0. The Bertz CT molecular complexity index is 649. The lowest BCUT2D eigenvalue weighted by molar-refractivity contribution is 0.0508. The molecule has 2 heterocycles. The number of esters is 1. The average molecular weight is 320 g/mol. The molecule has 108 valence electrons. The highest BCUT2D eigenvalue weighted by Gasteiger charge is 2.19. The van der Waals surface area contributed by atoms with Crippen LogP contribution in [0.15, 0.2) is 17.6 Å². The quantitative estimate of drug-likeness (QED) is 0.266. The van der Waals surface area contributed by atoms with Gasteiger partial charge in [0.05, 0.1) is 6.61 Å². The smallest absolute Gasteiger partial charge is 0.352 e. The van der Waals surface area contributed by atoms with Crippen LogP contribution in [0.25, 0.3) is 11.3 Å². The van der Waals surface area contributed by atoms with E-state index in [9.17, 15) is 4.79 Å². The lowest BCUT2D eigenvalue weighted by atomic mass is 10.2. The fourth-order valence-corrected chi connectivity index (χ4v) is 2.36. The van der Waals surface area contributed by atoms with Crippen molar-refractivity contribution in [2.75, 3.05) is 12.9 Å². The van der Waals surface area contributed by atoms with E-state index in [-0.39, 0.29) is 6.61 Å². The van der Waals surface area contributed by atoms with Gasteiger partial charge in [-0.1, -0.05) is 16.3 Å². The highest BCUT2D eigenvalue weighted by molar-refractivity contribution is 7.98. The molecule has 8 heteroatoms. The van der Waals surface area contributed by atoms with E-state index in [1.165, 1.54) is 11.8 Å². The molecule has 21 heavy (non-hydrogen) atoms. The van der Waals surface area contributed by atoms with E-state index in [1.807, 2.05) is 6.26 Å². The molecule has 0 aliphatic carbocycles. The van der Waals surface area contributed by atoms with Gasteiger partial charge in [-0.05, 0) is 24.2 Å². The summed E-state index contributed by atoms with van der Waals surface area (Å²) >= 11 is 2.43. The third kappa shape index (κ3) is 4.00. The standard InChI is InChI=1S/C13H12N4O2S2/c1-3-4-5-6-19-12(18)11-10(16-17-21-11)9-7-14-13(20-2)15-8-9/h1,7-8H,4-6H2,2H3. The summed E-state index contributed by atoms with van der Waals surface area (Å²) in [5.74, 6) is 2.04. The Balaban J connectivity index is 2.10. The molecule has 0 aromatic carbocycles. The van der Waals surface area contributed by atoms with Gasteiger partial charge in [-0.2, -0.15) is 0 Å². The normalized spacial score (nSPS) is 10.1. The number of carbonyl (C=O) groups excluding carboxylic acids is 1. The second-order valence-corrected chi connectivity index (χ2v) is 5.38. The van der Waals surface area contributed by atoms with Gasteiger partial charge >= 0.3 is 5.97 Å². The van der Waals surface area contributed by atoms with Crippen LogP contribution in [0.3, 0.4) is 0 Å². The zero-order valence-corrected chi connectivity index (χ0v) is 12.9. The predicted molar refractivity (Wildman–Crippen MR) is 81.1 cm³/mol. The molecule has 0 bridgehead atoms. The summed E-state index contributed by atoms with van der Waals surface area (Å²) in [5, 5.41) is 4.61. The van der Waals surface area contributed by atoms with Crippen molar-refractivity contribution in [1.82, 2.24) is 19.6 Å². The topological polar surface area (TPSA) is 77.9 Å². The highest BCUT2D eigenvalue weighted by Crippen LogP contribution is 2.24. The molecule has 0 aliphatic heterocycles. The van der Waals surface area contributed by atoms with Gasteiger partial charge in [0, 0.05) is 24.4 Å². The molecule has 0 radical (unpaired) electrons. The number of rotatable bonds is 6. The fourth-order valence-electron chi connectivity index (χ4n) is 1.46. The highest BCUT2D eigenvalue weighted by atomic mass is 32.2. The number of terminal acetylenes is 1. The summed E-state index contributed by atoms with van der Waals surface area (Å²) in [5.41, 5.74) is 1.08. The van der Waals surface area contributed by atoms with E-state index in [2.05, 4.69) is 25.5 Å². The zero-order valence-electron chi connectivity index (χ0n) is 11.3. The first kappa shape index (κ1) is 15.4. The Morgan fingerprint density at radius 3 is 2.90 bits per heavy atom. The largest absolute Gasteiger partial charge is 0.461 e. The summed E-state index contributed by atoms with van der Waals surface area (Å²) in [7, 11) is 0. The molecular formula is C13H12N4O2S2. The zero-order chi connectivity index (χ0) is 15.1. The van der Waals surface area contributed by atoms with Crippen LogP contribution in [0, 0.1) is 12.3 Å². The van der Waals surface area contributed by atoms with Gasteiger partial charge in [-0.25, -0.2) is 14.8 Å².